The van der Waals surface area contributed by atoms with E-state index in [1.54, 1.807) is 61.7 Å². The van der Waals surface area contributed by atoms with Crippen LogP contribution >= 0.6 is 0 Å². The van der Waals surface area contributed by atoms with E-state index in [1.807, 2.05) is 50.2 Å². The summed E-state index contributed by atoms with van der Waals surface area (Å²) in [4.78, 5) is 29.6. The number of carbonyl (C=O) groups is 2. The summed E-state index contributed by atoms with van der Waals surface area (Å²) in [5.41, 5.74) is 2.67. The molecule has 236 valence electrons. The smallest absolute Gasteiger partial charge is 0.264 e. The second-order valence-corrected chi connectivity index (χ2v) is 12.3. The van der Waals surface area contributed by atoms with Crippen molar-refractivity contribution < 1.29 is 27.5 Å². The minimum absolute atomic E-state index is 0.0238. The average molecular weight is 630 g/mol. The summed E-state index contributed by atoms with van der Waals surface area (Å²) >= 11 is 0. The molecule has 0 saturated carbocycles. The van der Waals surface area contributed by atoms with Crippen molar-refractivity contribution in [1.29, 1.82) is 0 Å². The highest BCUT2D eigenvalue weighted by Gasteiger charge is 2.35. The number of benzene rings is 4. The van der Waals surface area contributed by atoms with E-state index >= 15 is 0 Å². The molecule has 2 amide bonds. The molecule has 0 bridgehead atoms. The summed E-state index contributed by atoms with van der Waals surface area (Å²) < 4.78 is 40.4. The van der Waals surface area contributed by atoms with Crippen LogP contribution in [0.3, 0.4) is 0 Å². The minimum Gasteiger partial charge on any atom is -0.497 e. The van der Waals surface area contributed by atoms with Gasteiger partial charge in [-0.3, -0.25) is 13.9 Å². The molecule has 0 saturated heterocycles. The summed E-state index contributed by atoms with van der Waals surface area (Å²) in [5, 5.41) is 2.86. The molecule has 0 radical (unpaired) electrons. The lowest BCUT2D eigenvalue weighted by molar-refractivity contribution is -0.140. The molecule has 0 unspecified atom stereocenters. The molecule has 0 fully saturated rings. The largest absolute Gasteiger partial charge is 0.497 e. The van der Waals surface area contributed by atoms with Crippen LogP contribution in [0.25, 0.3) is 0 Å². The Hall–Kier alpha value is -4.83. The van der Waals surface area contributed by atoms with E-state index < -0.39 is 28.5 Å². The summed E-state index contributed by atoms with van der Waals surface area (Å²) in [6.07, 6.45) is 0.224. The molecular weight excluding hydrogens is 590 g/mol. The fourth-order valence-corrected chi connectivity index (χ4v) is 6.42. The third-order valence-corrected chi connectivity index (χ3v) is 9.12. The number of anilines is 1. The van der Waals surface area contributed by atoms with Crippen molar-refractivity contribution in [2.45, 2.75) is 37.8 Å². The highest BCUT2D eigenvalue weighted by molar-refractivity contribution is 7.92. The lowest BCUT2D eigenvalue weighted by Crippen LogP contribution is -2.53. The standard InChI is InChI=1S/C35H39N3O6S/c1-5-36-35(40)32(23-27-12-7-6-8-13-27)37(24-28-14-11-15-29(22-28)43-3)34(39)25-38(31-16-9-10-17-33(31)44-4)45(41,42)30-20-18-26(2)19-21-30/h6-22,32H,5,23-25H2,1-4H3,(H,36,40)/t32-/m1/s1. The first-order valence-electron chi connectivity index (χ1n) is 14.6. The number of aryl methyl sites for hydroxylation is 1. The molecule has 4 aromatic rings. The maximum atomic E-state index is 14.5. The summed E-state index contributed by atoms with van der Waals surface area (Å²) in [7, 11) is -1.25. The molecular formula is C35H39N3O6S. The molecule has 9 nitrogen and oxygen atoms in total. The van der Waals surface area contributed by atoms with E-state index in [0.29, 0.717) is 12.3 Å². The maximum absolute atomic E-state index is 14.5. The van der Waals surface area contributed by atoms with E-state index in [0.717, 1.165) is 21.0 Å². The Bertz CT molecular complexity index is 1690. The number of amides is 2. The van der Waals surface area contributed by atoms with Crippen LogP contribution in [0.15, 0.2) is 108 Å². The lowest BCUT2D eigenvalue weighted by Gasteiger charge is -2.34. The first-order chi connectivity index (χ1) is 21.7. The van der Waals surface area contributed by atoms with Gasteiger partial charge in [0, 0.05) is 19.5 Å². The molecule has 0 aliphatic heterocycles. The lowest BCUT2D eigenvalue weighted by atomic mass is 10.0. The number of likely N-dealkylation sites (N-methyl/N-ethyl adjacent to an activating group) is 1. The molecule has 4 aromatic carbocycles. The zero-order valence-electron chi connectivity index (χ0n) is 26.0. The van der Waals surface area contributed by atoms with Crippen molar-refractivity contribution in [2.24, 2.45) is 0 Å². The number of ether oxygens (including phenoxy) is 2. The predicted octanol–water partition coefficient (Wildman–Crippen LogP) is 4.98. The van der Waals surface area contributed by atoms with Crippen LogP contribution in [0.1, 0.15) is 23.6 Å². The summed E-state index contributed by atoms with van der Waals surface area (Å²) in [6, 6.07) is 28.8. The van der Waals surface area contributed by atoms with Gasteiger partial charge in [-0.1, -0.05) is 72.3 Å². The minimum atomic E-state index is -4.25. The van der Waals surface area contributed by atoms with Crippen LogP contribution in [0.5, 0.6) is 11.5 Å². The van der Waals surface area contributed by atoms with Gasteiger partial charge in [0.25, 0.3) is 10.0 Å². The number of hydrogen-bond acceptors (Lipinski definition) is 6. The fourth-order valence-electron chi connectivity index (χ4n) is 5.00. The van der Waals surface area contributed by atoms with Crippen LogP contribution in [0.4, 0.5) is 5.69 Å². The van der Waals surface area contributed by atoms with Gasteiger partial charge in [-0.25, -0.2) is 8.42 Å². The number of nitrogens with one attached hydrogen (secondary N) is 1. The van der Waals surface area contributed by atoms with E-state index in [1.165, 1.54) is 24.1 Å². The van der Waals surface area contributed by atoms with Crippen LogP contribution in [-0.2, 0) is 32.6 Å². The van der Waals surface area contributed by atoms with Crippen molar-refractivity contribution in [3.05, 3.63) is 120 Å². The number of sulfonamides is 1. The topological polar surface area (TPSA) is 105 Å². The Balaban J connectivity index is 1.83. The highest BCUT2D eigenvalue weighted by atomic mass is 32.2. The van der Waals surface area contributed by atoms with Gasteiger partial charge in [0.1, 0.15) is 24.1 Å². The normalized spacial score (nSPS) is 11.7. The Kier molecular flexibility index (Phi) is 11.2. The first kappa shape index (κ1) is 33.1. The second-order valence-electron chi connectivity index (χ2n) is 10.5. The van der Waals surface area contributed by atoms with Crippen molar-refractivity contribution in [3.63, 3.8) is 0 Å². The first-order valence-corrected chi connectivity index (χ1v) is 16.1. The monoisotopic (exact) mass is 629 g/mol. The van der Waals surface area contributed by atoms with E-state index in [9.17, 15) is 18.0 Å². The number of para-hydroxylation sites is 2. The molecule has 0 spiro atoms. The van der Waals surface area contributed by atoms with Crippen LogP contribution in [0.2, 0.25) is 0 Å². The average Bonchev–Trinajstić information content (AvgIpc) is 3.06. The zero-order valence-corrected chi connectivity index (χ0v) is 26.8. The van der Waals surface area contributed by atoms with Gasteiger partial charge in [-0.15, -0.1) is 0 Å². The van der Waals surface area contributed by atoms with Crippen LogP contribution < -0.4 is 19.1 Å². The van der Waals surface area contributed by atoms with Gasteiger partial charge in [0.05, 0.1) is 24.8 Å². The molecule has 0 aliphatic rings. The predicted molar refractivity (Wildman–Crippen MR) is 175 cm³/mol. The Morgan fingerprint density at radius 2 is 1.49 bits per heavy atom. The highest BCUT2D eigenvalue weighted by Crippen LogP contribution is 2.33. The molecule has 10 heteroatoms. The van der Waals surface area contributed by atoms with E-state index in [-0.39, 0.29) is 35.2 Å². The van der Waals surface area contributed by atoms with Gasteiger partial charge in [0.15, 0.2) is 0 Å². The summed E-state index contributed by atoms with van der Waals surface area (Å²) in [5.74, 6) is -0.0329. The van der Waals surface area contributed by atoms with E-state index in [2.05, 4.69) is 5.32 Å². The number of methoxy groups -OCH3 is 2. The quantitative estimate of drug-likeness (QED) is 0.211. The molecule has 4 rings (SSSR count). The Morgan fingerprint density at radius 1 is 0.822 bits per heavy atom. The molecule has 45 heavy (non-hydrogen) atoms. The number of hydrogen-bond donors (Lipinski definition) is 1. The van der Waals surface area contributed by atoms with Gasteiger partial charge in [0.2, 0.25) is 11.8 Å². The molecule has 0 aromatic heterocycles. The van der Waals surface area contributed by atoms with Crippen LogP contribution in [-0.4, -0.2) is 58.5 Å². The maximum Gasteiger partial charge on any atom is 0.264 e. The van der Waals surface area contributed by atoms with Crippen molar-refractivity contribution in [1.82, 2.24) is 10.2 Å². The van der Waals surface area contributed by atoms with Gasteiger partial charge in [-0.05, 0) is 61.4 Å². The molecule has 0 aliphatic carbocycles. The molecule has 1 atom stereocenters. The summed E-state index contributed by atoms with van der Waals surface area (Å²) in [6.45, 7) is 3.49. The number of carbonyl (C=O) groups excluding carboxylic acids is 2. The second kappa shape index (κ2) is 15.3. The van der Waals surface area contributed by atoms with Crippen molar-refractivity contribution in [3.8, 4) is 11.5 Å². The van der Waals surface area contributed by atoms with Gasteiger partial charge < -0.3 is 19.7 Å². The van der Waals surface area contributed by atoms with Crippen molar-refractivity contribution in [2.75, 3.05) is 31.6 Å². The van der Waals surface area contributed by atoms with Crippen molar-refractivity contribution >= 4 is 27.5 Å². The van der Waals surface area contributed by atoms with Crippen LogP contribution in [0, 0.1) is 6.92 Å². The third kappa shape index (κ3) is 8.21. The third-order valence-electron chi connectivity index (χ3n) is 7.35. The number of nitrogens with zero attached hydrogens (tertiary/aromatic N) is 2. The SMILES string of the molecule is CCNC(=O)[C@@H](Cc1ccccc1)N(Cc1cccc(OC)c1)C(=O)CN(c1ccccc1OC)S(=O)(=O)c1ccc(C)cc1. The zero-order chi connectivity index (χ0) is 32.4. The fraction of sp³-hybridized carbons (Fsp3) is 0.257. The number of rotatable bonds is 14. The molecule has 0 heterocycles. The van der Waals surface area contributed by atoms with E-state index in [4.69, 9.17) is 9.47 Å². The van der Waals surface area contributed by atoms with Gasteiger partial charge in [-0.2, -0.15) is 0 Å². The molecule has 1 N–H and O–H groups in total. The Morgan fingerprint density at radius 3 is 2.16 bits per heavy atom. The van der Waals surface area contributed by atoms with Gasteiger partial charge >= 0.3 is 0 Å². The Labute approximate surface area is 265 Å².